The molecule has 30 heavy (non-hydrogen) atoms. The van der Waals surface area contributed by atoms with Crippen LogP contribution in [0.1, 0.15) is 49.9 Å². The van der Waals surface area contributed by atoms with Gasteiger partial charge in [0.2, 0.25) is 5.91 Å². The molecule has 1 aliphatic carbocycles. The zero-order valence-electron chi connectivity index (χ0n) is 17.3. The Labute approximate surface area is 186 Å². The summed E-state index contributed by atoms with van der Waals surface area (Å²) in [6, 6.07) is 7.35. The first-order valence-electron chi connectivity index (χ1n) is 10.1. The van der Waals surface area contributed by atoms with Gasteiger partial charge in [0.25, 0.3) is 5.91 Å². The first-order chi connectivity index (χ1) is 14.3. The number of carbonyl (C=O) groups is 2. The Morgan fingerprint density at radius 2 is 1.93 bits per heavy atom. The van der Waals surface area contributed by atoms with E-state index in [4.69, 9.17) is 23.2 Å². The van der Waals surface area contributed by atoms with Gasteiger partial charge in [-0.25, -0.2) is 0 Å². The fourth-order valence-electron chi connectivity index (χ4n) is 4.02. The number of anilines is 1. The van der Waals surface area contributed by atoms with Gasteiger partial charge in [0, 0.05) is 24.1 Å². The van der Waals surface area contributed by atoms with E-state index in [2.05, 4.69) is 17.1 Å². The molecule has 0 atom stereocenters. The highest BCUT2D eigenvalue weighted by Gasteiger charge is 2.25. The Hall–Kier alpha value is -2.31. The average molecular weight is 449 g/mol. The highest BCUT2D eigenvalue weighted by atomic mass is 35.5. The molecule has 1 aliphatic rings. The van der Waals surface area contributed by atoms with E-state index in [1.54, 1.807) is 6.07 Å². The predicted octanol–water partition coefficient (Wildman–Crippen LogP) is 5.19. The van der Waals surface area contributed by atoms with Crippen LogP contribution in [0.15, 0.2) is 29.4 Å². The molecule has 3 rings (SSSR count). The van der Waals surface area contributed by atoms with Crippen molar-refractivity contribution in [3.05, 3.63) is 45.7 Å². The van der Waals surface area contributed by atoms with Crippen LogP contribution in [-0.4, -0.2) is 29.1 Å². The van der Waals surface area contributed by atoms with Crippen molar-refractivity contribution in [3.63, 3.8) is 0 Å². The van der Waals surface area contributed by atoms with Crippen molar-refractivity contribution in [1.29, 1.82) is 0 Å². The van der Waals surface area contributed by atoms with Crippen molar-refractivity contribution >= 4 is 47.4 Å². The summed E-state index contributed by atoms with van der Waals surface area (Å²) in [5.41, 5.74) is 2.84. The van der Waals surface area contributed by atoms with Crippen molar-refractivity contribution in [3.8, 4) is 5.69 Å². The number of hydrogen-bond donors (Lipinski definition) is 1. The maximum Gasteiger partial charge on any atom is 0.256 e. The molecule has 1 fully saturated rings. The van der Waals surface area contributed by atoms with E-state index in [0.717, 1.165) is 37.1 Å². The zero-order chi connectivity index (χ0) is 21.8. The summed E-state index contributed by atoms with van der Waals surface area (Å²) in [6.07, 6.45) is 5.06. The number of aryl methyl sites for hydroxylation is 1. The molecular formula is C22H26Cl2N4O2. The summed E-state index contributed by atoms with van der Waals surface area (Å²) >= 11 is 12.6. The Bertz CT molecular complexity index is 964. The number of halogens is 2. The number of nitrogens with zero attached hydrogens (tertiary/aromatic N) is 3. The van der Waals surface area contributed by atoms with Gasteiger partial charge >= 0.3 is 0 Å². The van der Waals surface area contributed by atoms with Crippen LogP contribution >= 0.6 is 23.2 Å². The minimum absolute atomic E-state index is 0.152. The van der Waals surface area contributed by atoms with Gasteiger partial charge in [-0.2, -0.15) is 10.1 Å². The van der Waals surface area contributed by atoms with Crippen LogP contribution in [0.25, 0.3) is 5.69 Å². The lowest BCUT2D eigenvalue weighted by molar-refractivity contribution is -0.128. The molecule has 0 radical (unpaired) electrons. The molecule has 2 amide bonds. The molecule has 1 saturated carbocycles. The summed E-state index contributed by atoms with van der Waals surface area (Å²) in [5, 5.41) is 8.89. The summed E-state index contributed by atoms with van der Waals surface area (Å²) in [6.45, 7) is 7.29. The van der Waals surface area contributed by atoms with Gasteiger partial charge in [0.1, 0.15) is 6.42 Å². The van der Waals surface area contributed by atoms with Gasteiger partial charge in [-0.05, 0) is 44.9 Å². The molecule has 8 heteroatoms. The van der Waals surface area contributed by atoms with Crippen molar-refractivity contribution in [2.45, 2.75) is 58.4 Å². The molecule has 0 bridgehead atoms. The maximum atomic E-state index is 12.8. The first kappa shape index (κ1) is 22.4. The third-order valence-corrected chi connectivity index (χ3v) is 6.27. The molecule has 0 saturated heterocycles. The van der Waals surface area contributed by atoms with Gasteiger partial charge in [-0.15, -0.1) is 0 Å². The van der Waals surface area contributed by atoms with Crippen LogP contribution in [0.2, 0.25) is 10.0 Å². The lowest BCUT2D eigenvalue weighted by atomic mass is 9.95. The average Bonchev–Trinajstić information content (AvgIpc) is 2.99. The van der Waals surface area contributed by atoms with Crippen LogP contribution in [0.4, 0.5) is 5.69 Å². The largest absolute Gasteiger partial charge is 0.353 e. The van der Waals surface area contributed by atoms with Gasteiger partial charge in [0.05, 0.1) is 21.4 Å². The Morgan fingerprint density at radius 3 is 2.60 bits per heavy atom. The van der Waals surface area contributed by atoms with Crippen molar-refractivity contribution in [2.24, 2.45) is 5.10 Å². The lowest BCUT2D eigenvalue weighted by Crippen LogP contribution is -2.39. The fourth-order valence-corrected chi connectivity index (χ4v) is 4.40. The summed E-state index contributed by atoms with van der Waals surface area (Å²) in [5.74, 6) is -0.719. The Kier molecular flexibility index (Phi) is 7.21. The monoisotopic (exact) mass is 448 g/mol. The number of amides is 2. The first-order valence-corrected chi connectivity index (χ1v) is 10.8. The van der Waals surface area contributed by atoms with Crippen LogP contribution in [0.5, 0.6) is 0 Å². The van der Waals surface area contributed by atoms with Gasteiger partial charge in [-0.3, -0.25) is 9.59 Å². The second kappa shape index (κ2) is 9.67. The van der Waals surface area contributed by atoms with E-state index in [1.807, 2.05) is 36.6 Å². The highest BCUT2D eigenvalue weighted by Crippen LogP contribution is 2.34. The number of benzene rings is 1. The van der Waals surface area contributed by atoms with Crippen molar-refractivity contribution in [2.75, 3.05) is 5.01 Å². The number of hydrazone groups is 1. The highest BCUT2D eigenvalue weighted by molar-refractivity contribution is 6.43. The number of hydrogen-bond acceptors (Lipinski definition) is 3. The molecule has 1 N–H and O–H groups in total. The number of nitrogens with one attached hydrogen (secondary N) is 1. The summed E-state index contributed by atoms with van der Waals surface area (Å²) < 4.78 is 1.90. The molecule has 0 aliphatic heterocycles. The maximum absolute atomic E-state index is 12.8. The number of rotatable bonds is 6. The lowest BCUT2D eigenvalue weighted by Gasteiger charge is -2.23. The molecule has 1 aromatic heterocycles. The van der Waals surface area contributed by atoms with E-state index in [1.165, 1.54) is 11.4 Å². The van der Waals surface area contributed by atoms with Crippen LogP contribution in [0, 0.1) is 13.8 Å². The number of carbonyl (C=O) groups excluding carboxylic acids is 2. The molecular weight excluding hydrogens is 423 g/mol. The molecule has 160 valence electrons. The molecule has 1 aromatic carbocycles. The third-order valence-electron chi connectivity index (χ3n) is 5.46. The van der Waals surface area contributed by atoms with Gasteiger partial charge in [0.15, 0.2) is 0 Å². The topological polar surface area (TPSA) is 66.7 Å². The zero-order valence-corrected chi connectivity index (χ0v) is 18.8. The molecule has 2 aromatic rings. The van der Waals surface area contributed by atoms with Crippen LogP contribution in [0.3, 0.4) is 0 Å². The van der Waals surface area contributed by atoms with Crippen LogP contribution in [-0.2, 0) is 9.59 Å². The van der Waals surface area contributed by atoms with Crippen molar-refractivity contribution in [1.82, 2.24) is 9.88 Å². The minimum atomic E-state index is -0.434. The number of aromatic nitrogens is 1. The minimum Gasteiger partial charge on any atom is -0.353 e. The van der Waals surface area contributed by atoms with Crippen LogP contribution < -0.4 is 10.3 Å². The van der Waals surface area contributed by atoms with E-state index >= 15 is 0 Å². The van der Waals surface area contributed by atoms with Gasteiger partial charge in [-0.1, -0.05) is 48.5 Å². The summed E-state index contributed by atoms with van der Waals surface area (Å²) in [4.78, 5) is 25.2. The molecule has 6 nitrogen and oxygen atoms in total. The Balaban J connectivity index is 1.81. The predicted molar refractivity (Wildman–Crippen MR) is 122 cm³/mol. The Morgan fingerprint density at radius 1 is 1.23 bits per heavy atom. The fraction of sp³-hybridized carbons (Fsp3) is 0.409. The summed E-state index contributed by atoms with van der Waals surface area (Å²) in [7, 11) is 0. The quantitative estimate of drug-likeness (QED) is 0.375. The normalized spacial score (nSPS) is 14.4. The molecule has 0 unspecified atom stereocenters. The van der Waals surface area contributed by atoms with Crippen molar-refractivity contribution < 1.29 is 9.59 Å². The third kappa shape index (κ3) is 4.71. The van der Waals surface area contributed by atoms with E-state index in [-0.39, 0.29) is 18.4 Å². The SMILES string of the molecule is C=NN(C(=O)CC(=O)NC1CCCCC1)c1cc(C)n(-c2cccc(Cl)c2Cl)c1C. The molecule has 0 spiro atoms. The second-order valence-electron chi connectivity index (χ2n) is 7.59. The van der Waals surface area contributed by atoms with E-state index in [0.29, 0.717) is 21.4 Å². The molecule has 1 heterocycles. The second-order valence-corrected chi connectivity index (χ2v) is 8.38. The van der Waals surface area contributed by atoms with E-state index in [9.17, 15) is 9.59 Å². The van der Waals surface area contributed by atoms with Gasteiger partial charge < -0.3 is 9.88 Å². The standard InChI is InChI=1S/C22H26Cl2N4O2/c1-14-12-19(15(2)27(14)18-11-7-10-17(23)22(18)24)28(25-3)21(30)13-20(29)26-16-8-5-4-6-9-16/h7,10-12,16H,3-6,8-9,13H2,1-2H3,(H,26,29). The van der Waals surface area contributed by atoms with E-state index < -0.39 is 5.91 Å². The smallest absolute Gasteiger partial charge is 0.256 e.